The fourth-order valence-electron chi connectivity index (χ4n) is 1.80. The van der Waals surface area contributed by atoms with E-state index in [4.69, 9.17) is 0 Å². The summed E-state index contributed by atoms with van der Waals surface area (Å²) in [5.41, 5.74) is 4.70. The van der Waals surface area contributed by atoms with Crippen LogP contribution in [0.25, 0.3) is 16.7 Å². The molecule has 0 aliphatic heterocycles. The molecule has 0 N–H and O–H groups in total. The van der Waals surface area contributed by atoms with Crippen LogP contribution in [0.1, 0.15) is 12.5 Å². The minimum atomic E-state index is 1.05. The van der Waals surface area contributed by atoms with Gasteiger partial charge in [0, 0.05) is 0 Å². The Morgan fingerprint density at radius 1 is 0.882 bits per heavy atom. The second-order valence-electron chi connectivity index (χ2n) is 3.97. The standard InChI is InChI=1S/C17H16/c1-3-7-14(2)15-10-12-17(13-11-15)16-8-5-4-6-9-16/h3-13H,2H2,1H3/b7-3-. The Balaban J connectivity index is 2.28. The van der Waals surface area contributed by atoms with Crippen molar-refractivity contribution in [3.05, 3.63) is 78.9 Å². The van der Waals surface area contributed by atoms with Crippen molar-refractivity contribution in [2.45, 2.75) is 6.92 Å². The molecule has 0 nitrogen and oxygen atoms in total. The van der Waals surface area contributed by atoms with Crippen molar-refractivity contribution in [2.24, 2.45) is 0 Å². The SMILES string of the molecule is C=C(/C=C\C)c1ccc(-c2ccccc2)cc1. The third-order valence-electron chi connectivity index (χ3n) is 2.73. The molecular weight excluding hydrogens is 204 g/mol. The van der Waals surface area contributed by atoms with Gasteiger partial charge >= 0.3 is 0 Å². The lowest BCUT2D eigenvalue weighted by Gasteiger charge is -2.04. The van der Waals surface area contributed by atoms with Gasteiger partial charge in [-0.3, -0.25) is 0 Å². The summed E-state index contributed by atoms with van der Waals surface area (Å²) in [6.07, 6.45) is 4.03. The Bertz CT molecular complexity index is 516. The molecule has 2 aromatic carbocycles. The number of hydrogen-bond donors (Lipinski definition) is 0. The van der Waals surface area contributed by atoms with Crippen LogP contribution in [0.5, 0.6) is 0 Å². The highest BCUT2D eigenvalue weighted by atomic mass is 14.0. The Hall–Kier alpha value is -2.08. The van der Waals surface area contributed by atoms with Gasteiger partial charge in [0.05, 0.1) is 0 Å². The maximum Gasteiger partial charge on any atom is -0.0184 e. The first-order valence-electron chi connectivity index (χ1n) is 5.78. The summed E-state index contributed by atoms with van der Waals surface area (Å²) in [7, 11) is 0. The molecule has 0 spiro atoms. The van der Waals surface area contributed by atoms with E-state index in [0.717, 1.165) is 5.57 Å². The van der Waals surface area contributed by atoms with Gasteiger partial charge in [0.1, 0.15) is 0 Å². The van der Waals surface area contributed by atoms with Crippen molar-refractivity contribution in [3.8, 4) is 11.1 Å². The second kappa shape index (κ2) is 5.31. The van der Waals surface area contributed by atoms with Gasteiger partial charge in [-0.05, 0) is 29.2 Å². The minimum Gasteiger partial charge on any atom is -0.0912 e. The predicted octanol–water partition coefficient (Wildman–Crippen LogP) is 4.94. The molecule has 0 saturated carbocycles. The predicted molar refractivity (Wildman–Crippen MR) is 75.7 cm³/mol. The Morgan fingerprint density at radius 2 is 1.47 bits per heavy atom. The van der Waals surface area contributed by atoms with Gasteiger partial charge in [0.15, 0.2) is 0 Å². The zero-order valence-electron chi connectivity index (χ0n) is 10.1. The smallest absolute Gasteiger partial charge is 0.0184 e. The van der Waals surface area contributed by atoms with Gasteiger partial charge in [-0.15, -0.1) is 0 Å². The fourth-order valence-corrected chi connectivity index (χ4v) is 1.80. The van der Waals surface area contributed by atoms with Gasteiger partial charge in [0.25, 0.3) is 0 Å². The van der Waals surface area contributed by atoms with Crippen molar-refractivity contribution in [3.63, 3.8) is 0 Å². The molecule has 0 aromatic heterocycles. The van der Waals surface area contributed by atoms with E-state index in [0.29, 0.717) is 0 Å². The molecule has 0 aliphatic carbocycles. The average molecular weight is 220 g/mol. The lowest BCUT2D eigenvalue weighted by molar-refractivity contribution is 1.58. The molecule has 0 saturated heterocycles. The van der Waals surface area contributed by atoms with Crippen LogP contribution in [0.15, 0.2) is 73.3 Å². The topological polar surface area (TPSA) is 0 Å². The Kier molecular flexibility index (Phi) is 3.56. The summed E-state index contributed by atoms with van der Waals surface area (Å²) >= 11 is 0. The molecule has 2 rings (SSSR count). The molecule has 0 fully saturated rings. The van der Waals surface area contributed by atoms with E-state index in [2.05, 4.69) is 55.1 Å². The lowest BCUT2D eigenvalue weighted by atomic mass is 10.0. The maximum atomic E-state index is 4.03. The van der Waals surface area contributed by atoms with Crippen LogP contribution in [0.3, 0.4) is 0 Å². The highest BCUT2D eigenvalue weighted by molar-refractivity contribution is 5.74. The van der Waals surface area contributed by atoms with Gasteiger partial charge in [-0.2, -0.15) is 0 Å². The van der Waals surface area contributed by atoms with Crippen LogP contribution in [0.2, 0.25) is 0 Å². The molecule has 0 heterocycles. The lowest BCUT2D eigenvalue weighted by Crippen LogP contribution is -1.81. The van der Waals surface area contributed by atoms with Crippen molar-refractivity contribution in [1.29, 1.82) is 0 Å². The van der Waals surface area contributed by atoms with Crippen molar-refractivity contribution in [2.75, 3.05) is 0 Å². The van der Waals surface area contributed by atoms with Crippen LogP contribution in [-0.4, -0.2) is 0 Å². The van der Waals surface area contributed by atoms with E-state index in [1.807, 2.05) is 25.1 Å². The van der Waals surface area contributed by atoms with E-state index >= 15 is 0 Å². The number of benzene rings is 2. The first-order chi connectivity index (χ1) is 8.31. The Labute approximate surface area is 103 Å². The van der Waals surface area contributed by atoms with Crippen molar-refractivity contribution in [1.82, 2.24) is 0 Å². The van der Waals surface area contributed by atoms with E-state index < -0.39 is 0 Å². The largest absolute Gasteiger partial charge is 0.0912 e. The molecule has 0 bridgehead atoms. The summed E-state index contributed by atoms with van der Waals surface area (Å²) in [5.74, 6) is 0. The van der Waals surface area contributed by atoms with Gasteiger partial charge in [-0.1, -0.05) is 73.3 Å². The molecule has 0 amide bonds. The molecule has 17 heavy (non-hydrogen) atoms. The highest BCUT2D eigenvalue weighted by Crippen LogP contribution is 2.22. The first kappa shape index (κ1) is 11.4. The van der Waals surface area contributed by atoms with Gasteiger partial charge < -0.3 is 0 Å². The normalized spacial score (nSPS) is 10.6. The summed E-state index contributed by atoms with van der Waals surface area (Å²) in [5, 5.41) is 0. The molecule has 0 aliphatic rings. The van der Waals surface area contributed by atoms with Crippen LogP contribution >= 0.6 is 0 Å². The zero-order valence-corrected chi connectivity index (χ0v) is 10.1. The number of hydrogen-bond acceptors (Lipinski definition) is 0. The maximum absolute atomic E-state index is 4.03. The van der Waals surface area contributed by atoms with Crippen LogP contribution in [0.4, 0.5) is 0 Å². The quantitative estimate of drug-likeness (QED) is 0.642. The summed E-state index contributed by atoms with van der Waals surface area (Å²) in [6.45, 7) is 6.03. The number of rotatable bonds is 3. The first-order valence-corrected chi connectivity index (χ1v) is 5.78. The zero-order chi connectivity index (χ0) is 12.1. The third-order valence-corrected chi connectivity index (χ3v) is 2.73. The highest BCUT2D eigenvalue weighted by Gasteiger charge is 1.98. The van der Waals surface area contributed by atoms with E-state index in [1.165, 1.54) is 16.7 Å². The molecule has 84 valence electrons. The van der Waals surface area contributed by atoms with E-state index in [-0.39, 0.29) is 0 Å². The molecule has 2 aromatic rings. The van der Waals surface area contributed by atoms with Crippen LogP contribution < -0.4 is 0 Å². The van der Waals surface area contributed by atoms with E-state index in [1.54, 1.807) is 0 Å². The number of allylic oxidation sites excluding steroid dienone is 3. The molecular formula is C17H16. The van der Waals surface area contributed by atoms with Crippen LogP contribution in [0, 0.1) is 0 Å². The second-order valence-corrected chi connectivity index (χ2v) is 3.97. The van der Waals surface area contributed by atoms with Gasteiger partial charge in [0.2, 0.25) is 0 Å². The van der Waals surface area contributed by atoms with Crippen LogP contribution in [-0.2, 0) is 0 Å². The van der Waals surface area contributed by atoms with Crippen molar-refractivity contribution >= 4 is 5.57 Å². The summed E-state index contributed by atoms with van der Waals surface area (Å²) < 4.78 is 0. The van der Waals surface area contributed by atoms with Crippen molar-refractivity contribution < 1.29 is 0 Å². The van der Waals surface area contributed by atoms with Gasteiger partial charge in [-0.25, -0.2) is 0 Å². The summed E-state index contributed by atoms with van der Waals surface area (Å²) in [6, 6.07) is 18.9. The van der Waals surface area contributed by atoms with E-state index in [9.17, 15) is 0 Å². The fraction of sp³-hybridized carbons (Fsp3) is 0.0588. The monoisotopic (exact) mass is 220 g/mol. The summed E-state index contributed by atoms with van der Waals surface area (Å²) in [4.78, 5) is 0. The Morgan fingerprint density at radius 3 is 2.06 bits per heavy atom. The average Bonchev–Trinajstić information content (AvgIpc) is 2.40. The molecule has 0 unspecified atom stereocenters. The third kappa shape index (κ3) is 2.73. The molecule has 0 heteroatoms. The molecule has 0 atom stereocenters. The molecule has 0 radical (unpaired) electrons. The minimum absolute atomic E-state index is 1.05.